The molecule has 2 aromatic heterocycles. The SMILES string of the molecule is [C-]#[N+]c1cncc(COc2cc(OCc3cccc(-c4cccc(-c5nnc(CCN)o5)c4C)c3C)c(Cl)cc2CC[C@@](C)(CO)OC=O)c1. The number of aliphatic hydroxyl groups is 1. The average Bonchev–Trinajstić information content (AvgIpc) is 3.59. The fourth-order valence-electron chi connectivity index (χ4n) is 5.51. The van der Waals surface area contributed by atoms with E-state index in [1.807, 2.05) is 31.2 Å². The maximum absolute atomic E-state index is 11.1. The Bertz CT molecular complexity index is 2010. The molecule has 5 aromatic rings. The maximum Gasteiger partial charge on any atom is 0.293 e. The Balaban J connectivity index is 1.40. The van der Waals surface area contributed by atoms with Crippen molar-refractivity contribution in [2.45, 2.75) is 58.8 Å². The van der Waals surface area contributed by atoms with E-state index in [4.69, 9.17) is 42.5 Å². The second kappa shape index (κ2) is 16.4. The largest absolute Gasteiger partial charge is 0.488 e. The van der Waals surface area contributed by atoms with Crippen molar-refractivity contribution in [1.82, 2.24) is 15.2 Å². The molecule has 3 N–H and O–H groups in total. The molecule has 0 fully saturated rings. The van der Waals surface area contributed by atoms with Gasteiger partial charge in [-0.05, 0) is 90.8 Å². The highest BCUT2D eigenvalue weighted by atomic mass is 35.5. The standard InChI is InChI=1S/C38H38ClN5O6/c1-24-28(7-5-8-30(24)31-9-6-10-32(25(31)2)37-44-43-36(50-37)12-14-40)21-48-35-17-34(47-20-26-15-29(41-4)19-42-18-26)27(16-33(35)39)11-13-38(3,22-45)49-23-46/h5-10,15-19,23,45H,11-14,20-22,40H2,1-3H3/t38-/m0/s1. The molecule has 0 spiro atoms. The monoisotopic (exact) mass is 695 g/mol. The van der Waals surface area contributed by atoms with E-state index in [-0.39, 0.29) is 19.8 Å². The van der Waals surface area contributed by atoms with Crippen molar-refractivity contribution in [2.75, 3.05) is 13.2 Å². The maximum atomic E-state index is 11.1. The molecule has 2 heterocycles. The van der Waals surface area contributed by atoms with Gasteiger partial charge in [0.2, 0.25) is 17.5 Å². The molecule has 11 nitrogen and oxygen atoms in total. The van der Waals surface area contributed by atoms with Crippen LogP contribution in [-0.2, 0) is 35.6 Å². The lowest BCUT2D eigenvalue weighted by Crippen LogP contribution is -2.33. The van der Waals surface area contributed by atoms with E-state index in [1.54, 1.807) is 31.3 Å². The Morgan fingerprint density at radius 1 is 0.960 bits per heavy atom. The first-order chi connectivity index (χ1) is 24.2. The van der Waals surface area contributed by atoms with Crippen molar-refractivity contribution in [3.63, 3.8) is 0 Å². The van der Waals surface area contributed by atoms with E-state index >= 15 is 0 Å². The minimum Gasteiger partial charge on any atom is -0.488 e. The number of aryl methyl sites for hydroxylation is 1. The first-order valence-electron chi connectivity index (χ1n) is 16.0. The smallest absolute Gasteiger partial charge is 0.293 e. The average molecular weight is 696 g/mol. The summed E-state index contributed by atoms with van der Waals surface area (Å²) in [5, 5.41) is 18.6. The van der Waals surface area contributed by atoms with Gasteiger partial charge in [0, 0.05) is 37.0 Å². The Kier molecular flexibility index (Phi) is 11.8. The number of nitrogens with two attached hydrogens (primary N) is 1. The zero-order chi connectivity index (χ0) is 35.7. The van der Waals surface area contributed by atoms with Crippen LogP contribution in [0.2, 0.25) is 5.02 Å². The highest BCUT2D eigenvalue weighted by Crippen LogP contribution is 2.37. The van der Waals surface area contributed by atoms with Crippen molar-refractivity contribution in [2.24, 2.45) is 5.73 Å². The van der Waals surface area contributed by atoms with Crippen molar-refractivity contribution < 1.29 is 28.5 Å². The van der Waals surface area contributed by atoms with Crippen molar-refractivity contribution in [3.8, 4) is 34.1 Å². The van der Waals surface area contributed by atoms with E-state index in [0.717, 1.165) is 38.9 Å². The van der Waals surface area contributed by atoms with Crippen LogP contribution in [0.4, 0.5) is 5.69 Å². The molecule has 50 heavy (non-hydrogen) atoms. The van der Waals surface area contributed by atoms with Gasteiger partial charge >= 0.3 is 0 Å². The van der Waals surface area contributed by atoms with Crippen LogP contribution in [0.1, 0.15) is 47.1 Å². The van der Waals surface area contributed by atoms with Gasteiger partial charge in [-0.25, -0.2) is 4.85 Å². The van der Waals surface area contributed by atoms with Crippen LogP contribution in [0, 0.1) is 20.4 Å². The molecule has 0 unspecified atom stereocenters. The van der Waals surface area contributed by atoms with Crippen molar-refractivity contribution >= 4 is 23.8 Å². The summed E-state index contributed by atoms with van der Waals surface area (Å²) in [6.07, 6.45) is 4.34. The number of carbonyl (C=O) groups excluding carboxylic acids is 1. The van der Waals surface area contributed by atoms with E-state index in [1.165, 1.54) is 6.20 Å². The zero-order valence-corrected chi connectivity index (χ0v) is 28.9. The van der Waals surface area contributed by atoms with Gasteiger partial charge in [0.05, 0.1) is 18.2 Å². The van der Waals surface area contributed by atoms with Crippen LogP contribution in [0.5, 0.6) is 11.5 Å². The number of hydrogen-bond donors (Lipinski definition) is 2. The van der Waals surface area contributed by atoms with E-state index in [9.17, 15) is 9.90 Å². The summed E-state index contributed by atoms with van der Waals surface area (Å²) < 4.78 is 23.6. The molecule has 0 aliphatic carbocycles. The molecule has 258 valence electrons. The van der Waals surface area contributed by atoms with E-state index < -0.39 is 5.60 Å². The minimum atomic E-state index is -1.08. The van der Waals surface area contributed by atoms with Crippen LogP contribution in [0.25, 0.3) is 27.4 Å². The number of benzene rings is 3. The summed E-state index contributed by atoms with van der Waals surface area (Å²) in [7, 11) is 0. The summed E-state index contributed by atoms with van der Waals surface area (Å²) in [6.45, 7) is 13.8. The topological polar surface area (TPSA) is 147 Å². The molecule has 0 aliphatic rings. The third-order valence-electron chi connectivity index (χ3n) is 8.52. The highest BCUT2D eigenvalue weighted by Gasteiger charge is 2.26. The van der Waals surface area contributed by atoms with Crippen LogP contribution in [0.15, 0.2) is 71.4 Å². The fraction of sp³-hybridized carbons (Fsp3) is 0.289. The van der Waals surface area contributed by atoms with Crippen molar-refractivity contribution in [1.29, 1.82) is 0 Å². The molecule has 0 bridgehead atoms. The normalized spacial score (nSPS) is 12.2. The second-order valence-electron chi connectivity index (χ2n) is 12.1. The van der Waals surface area contributed by atoms with Crippen LogP contribution in [0.3, 0.4) is 0 Å². The molecule has 0 radical (unpaired) electrons. The Morgan fingerprint density at radius 3 is 2.44 bits per heavy atom. The molecule has 5 rings (SSSR count). The van der Waals surface area contributed by atoms with Gasteiger partial charge in [-0.1, -0.05) is 41.9 Å². The lowest BCUT2D eigenvalue weighted by atomic mass is 9.91. The third kappa shape index (κ3) is 8.47. The molecule has 0 aliphatic heterocycles. The lowest BCUT2D eigenvalue weighted by molar-refractivity contribution is -0.146. The van der Waals surface area contributed by atoms with Gasteiger partial charge in [-0.15, -0.1) is 10.2 Å². The number of nitrogens with zero attached hydrogens (tertiary/aromatic N) is 4. The number of pyridine rings is 1. The number of ether oxygens (including phenoxy) is 3. The Hall–Kier alpha value is -5.28. The van der Waals surface area contributed by atoms with Crippen LogP contribution in [-0.4, -0.2) is 45.5 Å². The molecule has 0 saturated heterocycles. The number of aliphatic hydroxyl groups excluding tert-OH is 1. The first-order valence-corrected chi connectivity index (χ1v) is 16.4. The summed E-state index contributed by atoms with van der Waals surface area (Å²) in [5.74, 6) is 1.87. The summed E-state index contributed by atoms with van der Waals surface area (Å²) >= 11 is 6.77. The van der Waals surface area contributed by atoms with Gasteiger partial charge in [0.1, 0.15) is 30.3 Å². The predicted molar refractivity (Wildman–Crippen MR) is 189 cm³/mol. The van der Waals surface area contributed by atoms with Gasteiger partial charge in [0.15, 0.2) is 0 Å². The minimum absolute atomic E-state index is 0.143. The highest BCUT2D eigenvalue weighted by molar-refractivity contribution is 6.32. The summed E-state index contributed by atoms with van der Waals surface area (Å²) in [5.41, 5.74) is 12.4. The number of halogens is 1. The van der Waals surface area contributed by atoms with E-state index in [0.29, 0.717) is 71.8 Å². The molecular formula is C38H38ClN5O6. The number of aromatic nitrogens is 3. The van der Waals surface area contributed by atoms with Crippen LogP contribution < -0.4 is 15.2 Å². The zero-order valence-electron chi connectivity index (χ0n) is 28.1. The predicted octanol–water partition coefficient (Wildman–Crippen LogP) is 7.14. The molecule has 0 amide bonds. The molecule has 0 saturated carbocycles. The van der Waals surface area contributed by atoms with Gasteiger partial charge in [0.25, 0.3) is 6.47 Å². The summed E-state index contributed by atoms with van der Waals surface area (Å²) in [4.78, 5) is 18.6. The second-order valence-corrected chi connectivity index (χ2v) is 12.5. The van der Waals surface area contributed by atoms with Gasteiger partial charge in [-0.3, -0.25) is 9.78 Å². The Morgan fingerprint density at radius 2 is 1.70 bits per heavy atom. The Labute approximate surface area is 295 Å². The van der Waals surface area contributed by atoms with Gasteiger partial charge in [-0.2, -0.15) is 0 Å². The molecule has 1 atom stereocenters. The van der Waals surface area contributed by atoms with Crippen LogP contribution >= 0.6 is 11.6 Å². The number of hydrogen-bond acceptors (Lipinski definition) is 10. The van der Waals surface area contributed by atoms with Crippen molar-refractivity contribution in [3.05, 3.63) is 117 Å². The lowest BCUT2D eigenvalue weighted by Gasteiger charge is -2.25. The summed E-state index contributed by atoms with van der Waals surface area (Å²) in [6, 6.07) is 17.3. The number of carbonyl (C=O) groups is 1. The quantitative estimate of drug-likeness (QED) is 0.0807. The first kappa shape index (κ1) is 36.0. The molecule has 12 heteroatoms. The fourth-order valence-corrected chi connectivity index (χ4v) is 5.76. The number of rotatable bonds is 16. The van der Waals surface area contributed by atoms with Gasteiger partial charge < -0.3 is 29.5 Å². The third-order valence-corrected chi connectivity index (χ3v) is 8.81. The molecular weight excluding hydrogens is 658 g/mol. The molecule has 3 aromatic carbocycles. The van der Waals surface area contributed by atoms with E-state index in [2.05, 4.69) is 39.1 Å².